The van der Waals surface area contributed by atoms with Crippen LogP contribution in [0.3, 0.4) is 0 Å². The van der Waals surface area contributed by atoms with E-state index in [0.717, 1.165) is 22.9 Å². The maximum atomic E-state index is 13.4. The van der Waals surface area contributed by atoms with Gasteiger partial charge in [-0.25, -0.2) is 4.79 Å². The van der Waals surface area contributed by atoms with Gasteiger partial charge in [0.1, 0.15) is 0 Å². The summed E-state index contributed by atoms with van der Waals surface area (Å²) in [4.78, 5) is 25.7. The highest BCUT2D eigenvalue weighted by Crippen LogP contribution is 2.27. The van der Waals surface area contributed by atoms with Crippen molar-refractivity contribution in [1.29, 1.82) is 5.41 Å². The average molecular weight is 452 g/mol. The van der Waals surface area contributed by atoms with Crippen LogP contribution in [0.1, 0.15) is 23.6 Å². The number of rotatable bonds is 6. The fraction of sp³-hybridized carbons (Fsp3) is 0.0741. The van der Waals surface area contributed by atoms with Crippen LogP contribution in [0, 0.1) is 5.41 Å². The van der Waals surface area contributed by atoms with Gasteiger partial charge in [-0.3, -0.25) is 4.79 Å². The van der Waals surface area contributed by atoms with Crippen LogP contribution >= 0.6 is 0 Å². The van der Waals surface area contributed by atoms with Gasteiger partial charge < -0.3 is 27.1 Å². The molecule has 1 heterocycles. The van der Waals surface area contributed by atoms with Gasteiger partial charge in [-0.2, -0.15) is 0 Å². The van der Waals surface area contributed by atoms with E-state index in [4.69, 9.17) is 11.1 Å². The Balaban J connectivity index is 1.75. The number of hydrogen-bond donors (Lipinski definition) is 5. The number of nitrogens with one attached hydrogen (secondary N) is 4. The molecule has 0 radical (unpaired) electrons. The zero-order valence-corrected chi connectivity index (χ0v) is 18.6. The molecule has 1 aliphatic rings. The third-order valence-corrected chi connectivity index (χ3v) is 5.55. The number of nitrogens with two attached hydrogens (primary N) is 1. The summed E-state index contributed by atoms with van der Waals surface area (Å²) in [5.74, 6) is -0.368. The predicted octanol–water partition coefficient (Wildman–Crippen LogP) is 4.29. The number of benzene rings is 3. The SMILES string of the molecule is CC1=C(C(=O)Nc2ccc(N)c(C=N)c2)C(C=C(c2ccccc2)c2ccccc2)NC(=O)N1. The lowest BCUT2D eigenvalue weighted by molar-refractivity contribution is -0.113. The third-order valence-electron chi connectivity index (χ3n) is 5.55. The summed E-state index contributed by atoms with van der Waals surface area (Å²) in [6.07, 6.45) is 3.03. The first-order chi connectivity index (χ1) is 16.5. The lowest BCUT2D eigenvalue weighted by Crippen LogP contribution is -2.49. The Morgan fingerprint density at radius 3 is 2.21 bits per heavy atom. The molecule has 0 spiro atoms. The van der Waals surface area contributed by atoms with Gasteiger partial charge in [-0.1, -0.05) is 60.7 Å². The van der Waals surface area contributed by atoms with E-state index in [0.29, 0.717) is 28.2 Å². The minimum absolute atomic E-state index is 0.368. The Bertz CT molecular complexity index is 1260. The first-order valence-corrected chi connectivity index (χ1v) is 10.8. The summed E-state index contributed by atoms with van der Waals surface area (Å²) in [7, 11) is 0. The van der Waals surface area contributed by atoms with Crippen molar-refractivity contribution in [2.24, 2.45) is 0 Å². The van der Waals surface area contributed by atoms with E-state index in [9.17, 15) is 9.59 Å². The third kappa shape index (κ3) is 4.88. The van der Waals surface area contributed by atoms with E-state index < -0.39 is 6.04 Å². The van der Waals surface area contributed by atoms with Gasteiger partial charge >= 0.3 is 6.03 Å². The summed E-state index contributed by atoms with van der Waals surface area (Å²) in [6, 6.07) is 23.5. The average Bonchev–Trinajstić information content (AvgIpc) is 2.84. The zero-order valence-electron chi connectivity index (χ0n) is 18.6. The van der Waals surface area contributed by atoms with Crippen LogP contribution in [0.5, 0.6) is 0 Å². The number of hydrogen-bond acceptors (Lipinski definition) is 4. The number of urea groups is 1. The molecule has 0 aromatic heterocycles. The number of carbonyl (C=O) groups is 2. The maximum absolute atomic E-state index is 13.4. The summed E-state index contributed by atoms with van der Waals surface area (Å²) in [5, 5.41) is 15.9. The fourth-order valence-electron chi connectivity index (χ4n) is 3.89. The standard InChI is InChI=1S/C27H25N5O2/c1-17-25(26(33)31-21-12-13-23(29)20(14-21)16-28)24(32-27(34)30-17)15-22(18-8-4-2-5-9-18)19-10-6-3-7-11-19/h2-16,24,28H,29H2,1H3,(H,31,33)(H2,30,32,34). The number of anilines is 2. The molecule has 3 amide bonds. The first-order valence-electron chi connectivity index (χ1n) is 10.8. The van der Waals surface area contributed by atoms with Crippen LogP contribution in [-0.2, 0) is 4.79 Å². The lowest BCUT2D eigenvalue weighted by atomic mass is 9.92. The molecule has 34 heavy (non-hydrogen) atoms. The van der Waals surface area contributed by atoms with Crippen molar-refractivity contribution < 1.29 is 9.59 Å². The summed E-state index contributed by atoms with van der Waals surface area (Å²) >= 11 is 0. The van der Waals surface area contributed by atoms with E-state index in [1.807, 2.05) is 66.7 Å². The highest BCUT2D eigenvalue weighted by Gasteiger charge is 2.29. The summed E-state index contributed by atoms with van der Waals surface area (Å²) in [6.45, 7) is 1.70. The van der Waals surface area contributed by atoms with Crippen LogP contribution in [-0.4, -0.2) is 24.2 Å². The van der Waals surface area contributed by atoms with Gasteiger partial charge in [-0.15, -0.1) is 0 Å². The molecule has 1 aliphatic heterocycles. The van der Waals surface area contributed by atoms with Crippen molar-refractivity contribution in [2.75, 3.05) is 11.1 Å². The van der Waals surface area contributed by atoms with Crippen LogP contribution in [0.4, 0.5) is 16.2 Å². The van der Waals surface area contributed by atoms with E-state index in [-0.39, 0.29) is 11.9 Å². The van der Waals surface area contributed by atoms with Gasteiger partial charge in [-0.05, 0) is 47.9 Å². The predicted molar refractivity (Wildman–Crippen MR) is 135 cm³/mol. The minimum atomic E-state index is -0.667. The van der Waals surface area contributed by atoms with Gasteiger partial charge in [0.15, 0.2) is 0 Å². The normalized spacial score (nSPS) is 15.1. The van der Waals surface area contributed by atoms with Crippen LogP contribution in [0.25, 0.3) is 5.57 Å². The largest absolute Gasteiger partial charge is 0.398 e. The second kappa shape index (κ2) is 9.87. The topological polar surface area (TPSA) is 120 Å². The molecule has 1 atom stereocenters. The fourth-order valence-corrected chi connectivity index (χ4v) is 3.89. The highest BCUT2D eigenvalue weighted by molar-refractivity contribution is 6.08. The van der Waals surface area contributed by atoms with Gasteiger partial charge in [0.25, 0.3) is 5.91 Å². The molecule has 3 aromatic rings. The van der Waals surface area contributed by atoms with Crippen molar-refractivity contribution in [2.45, 2.75) is 13.0 Å². The molecule has 7 nitrogen and oxygen atoms in total. The Hall–Kier alpha value is -4.65. The van der Waals surface area contributed by atoms with Crippen molar-refractivity contribution in [3.8, 4) is 0 Å². The molecule has 3 aromatic carbocycles. The smallest absolute Gasteiger partial charge is 0.319 e. The van der Waals surface area contributed by atoms with E-state index in [1.54, 1.807) is 25.1 Å². The van der Waals surface area contributed by atoms with Crippen LogP contribution < -0.4 is 21.7 Å². The zero-order chi connectivity index (χ0) is 24.1. The van der Waals surface area contributed by atoms with Crippen molar-refractivity contribution >= 4 is 35.1 Å². The molecule has 0 saturated heterocycles. The Morgan fingerprint density at radius 1 is 1.00 bits per heavy atom. The maximum Gasteiger partial charge on any atom is 0.319 e. The van der Waals surface area contributed by atoms with Crippen LogP contribution in [0.15, 0.2) is 96.2 Å². The molecule has 0 fully saturated rings. The number of nitrogen functional groups attached to an aromatic ring is 1. The lowest BCUT2D eigenvalue weighted by Gasteiger charge is -2.27. The van der Waals surface area contributed by atoms with Crippen molar-refractivity contribution in [3.05, 3.63) is 113 Å². The molecule has 6 N–H and O–H groups in total. The molecule has 7 heteroatoms. The van der Waals surface area contributed by atoms with Gasteiger partial charge in [0.2, 0.25) is 0 Å². The molecule has 4 rings (SSSR count). The monoisotopic (exact) mass is 451 g/mol. The van der Waals surface area contributed by atoms with E-state index in [2.05, 4.69) is 16.0 Å². The highest BCUT2D eigenvalue weighted by atomic mass is 16.2. The number of carbonyl (C=O) groups excluding carboxylic acids is 2. The Morgan fingerprint density at radius 2 is 1.62 bits per heavy atom. The molecular weight excluding hydrogens is 426 g/mol. The van der Waals surface area contributed by atoms with Crippen molar-refractivity contribution in [3.63, 3.8) is 0 Å². The Kier molecular flexibility index (Phi) is 6.54. The molecule has 1 unspecified atom stereocenters. The van der Waals surface area contributed by atoms with Crippen molar-refractivity contribution in [1.82, 2.24) is 10.6 Å². The number of amides is 3. The van der Waals surface area contributed by atoms with E-state index >= 15 is 0 Å². The van der Waals surface area contributed by atoms with Gasteiger partial charge in [0, 0.05) is 28.8 Å². The molecule has 0 saturated carbocycles. The first kappa shape index (κ1) is 22.5. The second-order valence-electron chi connectivity index (χ2n) is 7.87. The second-order valence-corrected chi connectivity index (χ2v) is 7.87. The summed E-state index contributed by atoms with van der Waals surface area (Å²) in [5.41, 5.74) is 11.0. The van der Waals surface area contributed by atoms with Gasteiger partial charge in [0.05, 0.1) is 11.6 Å². The molecule has 0 bridgehead atoms. The van der Waals surface area contributed by atoms with Crippen LogP contribution in [0.2, 0.25) is 0 Å². The summed E-state index contributed by atoms with van der Waals surface area (Å²) < 4.78 is 0. The molecular formula is C27H25N5O2. The number of allylic oxidation sites excluding steroid dienone is 1. The molecule has 170 valence electrons. The minimum Gasteiger partial charge on any atom is -0.398 e. The Labute approximate surface area is 197 Å². The van der Waals surface area contributed by atoms with E-state index in [1.165, 1.54) is 0 Å². The quantitative estimate of drug-likeness (QED) is 0.284. The molecule has 0 aliphatic carbocycles.